The van der Waals surface area contributed by atoms with Gasteiger partial charge in [0.2, 0.25) is 5.95 Å². The summed E-state index contributed by atoms with van der Waals surface area (Å²) in [6, 6.07) is 77.8. The molecule has 14 rings (SSSR count). The molecule has 0 N–H and O–H groups in total. The summed E-state index contributed by atoms with van der Waals surface area (Å²) in [6.07, 6.45) is 0. The van der Waals surface area contributed by atoms with E-state index in [-0.39, 0.29) is 0 Å². The molecule has 0 unspecified atom stereocenters. The minimum absolute atomic E-state index is 0.647. The molecule has 0 aliphatic heterocycles. The van der Waals surface area contributed by atoms with E-state index in [0.717, 1.165) is 105 Å². The number of rotatable bonds is 5. The molecule has 0 amide bonds. The Balaban J connectivity index is 0.937. The summed E-state index contributed by atoms with van der Waals surface area (Å²) in [5.41, 5.74) is 14.8. The topological polar surface area (TPSA) is 48.8 Å². The Bertz CT molecular complexity index is 4240. The second-order valence-corrected chi connectivity index (χ2v) is 16.9. The molecule has 0 fully saturated rings. The largest absolute Gasteiger partial charge is 0.456 e. The lowest BCUT2D eigenvalue weighted by atomic mass is 9.96. The summed E-state index contributed by atoms with van der Waals surface area (Å²) in [5.74, 6) is 0.647. The highest BCUT2D eigenvalue weighted by atomic mass is 16.3. The van der Waals surface area contributed by atoms with Crippen LogP contribution in [-0.4, -0.2) is 19.1 Å². The second kappa shape index (κ2) is 13.9. The van der Waals surface area contributed by atoms with E-state index < -0.39 is 0 Å². The minimum atomic E-state index is 0.647. The van der Waals surface area contributed by atoms with Crippen molar-refractivity contribution in [3.63, 3.8) is 0 Å². The number of fused-ring (bicyclic) bond motifs is 12. The van der Waals surface area contributed by atoms with Crippen molar-refractivity contribution in [1.82, 2.24) is 19.1 Å². The molecular weight excluding hydrogens is 793 g/mol. The van der Waals surface area contributed by atoms with E-state index in [4.69, 9.17) is 14.4 Å². The highest BCUT2D eigenvalue weighted by Gasteiger charge is 2.21. The Kier molecular flexibility index (Phi) is 7.62. The molecule has 5 nitrogen and oxygen atoms in total. The predicted molar refractivity (Wildman–Crippen MR) is 269 cm³/mol. The zero-order valence-corrected chi connectivity index (χ0v) is 35.0. The number of benzene rings is 10. The van der Waals surface area contributed by atoms with Crippen molar-refractivity contribution in [1.29, 1.82) is 0 Å². The number of hydrogen-bond acceptors (Lipinski definition) is 3. The summed E-state index contributed by atoms with van der Waals surface area (Å²) < 4.78 is 11.2. The molecule has 0 aliphatic carbocycles. The van der Waals surface area contributed by atoms with Gasteiger partial charge in [-0.05, 0) is 100 Å². The van der Waals surface area contributed by atoms with Crippen molar-refractivity contribution in [2.24, 2.45) is 0 Å². The van der Waals surface area contributed by atoms with Crippen LogP contribution < -0.4 is 0 Å². The molecule has 0 spiro atoms. The highest BCUT2D eigenvalue weighted by molar-refractivity contribution is 6.17. The fourth-order valence-electron chi connectivity index (χ4n) is 10.4. The van der Waals surface area contributed by atoms with E-state index in [0.29, 0.717) is 5.95 Å². The van der Waals surface area contributed by atoms with Crippen LogP contribution in [0.25, 0.3) is 132 Å². The Hall–Kier alpha value is -8.80. The predicted octanol–water partition coefficient (Wildman–Crippen LogP) is 15.9. The lowest BCUT2D eigenvalue weighted by Gasteiger charge is -2.13. The quantitative estimate of drug-likeness (QED) is 0.162. The third-order valence-corrected chi connectivity index (χ3v) is 13.3. The van der Waals surface area contributed by atoms with Crippen molar-refractivity contribution in [3.8, 4) is 45.1 Å². The Morgan fingerprint density at radius 1 is 0.338 bits per heavy atom. The average molecular weight is 829 g/mol. The summed E-state index contributed by atoms with van der Waals surface area (Å²) in [4.78, 5) is 10.8. The second-order valence-electron chi connectivity index (χ2n) is 16.9. The first-order valence-corrected chi connectivity index (χ1v) is 22.1. The van der Waals surface area contributed by atoms with Gasteiger partial charge in [0.05, 0.1) is 33.3 Å². The molecule has 0 saturated heterocycles. The van der Waals surface area contributed by atoms with Gasteiger partial charge in [0.25, 0.3) is 0 Å². The molecular formula is C60H36N4O. The number of nitrogens with zero attached hydrogens (tertiary/aromatic N) is 4. The Morgan fingerprint density at radius 3 is 1.72 bits per heavy atom. The van der Waals surface area contributed by atoms with Gasteiger partial charge in [-0.3, -0.25) is 4.57 Å². The number of aromatic nitrogens is 4. The maximum absolute atomic E-state index is 6.58. The lowest BCUT2D eigenvalue weighted by molar-refractivity contribution is 0.669. The van der Waals surface area contributed by atoms with Crippen LogP contribution in [0, 0.1) is 0 Å². The fourth-order valence-corrected chi connectivity index (χ4v) is 10.4. The van der Waals surface area contributed by atoms with Crippen LogP contribution in [0.15, 0.2) is 223 Å². The van der Waals surface area contributed by atoms with Gasteiger partial charge < -0.3 is 8.98 Å². The number of hydrogen-bond donors (Lipinski definition) is 0. The van der Waals surface area contributed by atoms with Gasteiger partial charge in [-0.15, -0.1) is 0 Å². The average Bonchev–Trinajstić information content (AvgIpc) is 4.03. The van der Waals surface area contributed by atoms with Gasteiger partial charge in [-0.25, -0.2) is 9.97 Å². The summed E-state index contributed by atoms with van der Waals surface area (Å²) in [6.45, 7) is 0. The van der Waals surface area contributed by atoms with Crippen LogP contribution in [0.5, 0.6) is 0 Å². The van der Waals surface area contributed by atoms with Crippen molar-refractivity contribution in [2.75, 3.05) is 0 Å². The van der Waals surface area contributed by atoms with Crippen molar-refractivity contribution < 1.29 is 4.42 Å². The Morgan fingerprint density at radius 2 is 0.938 bits per heavy atom. The monoisotopic (exact) mass is 828 g/mol. The molecule has 14 aromatic rings. The van der Waals surface area contributed by atoms with Crippen LogP contribution in [0.3, 0.4) is 0 Å². The maximum atomic E-state index is 6.58. The lowest BCUT2D eigenvalue weighted by Crippen LogP contribution is -2.03. The first-order chi connectivity index (χ1) is 32.2. The van der Waals surface area contributed by atoms with E-state index in [2.05, 4.69) is 221 Å². The summed E-state index contributed by atoms with van der Waals surface area (Å²) in [5, 5.41) is 10.2. The van der Waals surface area contributed by atoms with Crippen LogP contribution in [0.1, 0.15) is 0 Å². The smallest absolute Gasteiger partial charge is 0.235 e. The SMILES string of the molecule is c1ccc(-c2nc(-n3c4ccccc4c4cc(-c5ccc6oc7cccc(-c8ccc9c(c8)c8ccccc8n9-c8ccccc8)c7c6c5)ccc43)nc3c2ccc2ccccc23)cc1. The molecule has 4 heterocycles. The third kappa shape index (κ3) is 5.39. The standard InChI is InChI=1S/C60H36N4O/c1-3-15-38(16-4-1)58-47-30-26-37-14-7-8-19-44(37)59(47)62-60(61-58)64-52-24-12-10-21-46(52)48-34-39(27-31-54(48)64)40-29-33-55-50(35-40)57-43(22-13-25-56(57)65-55)41-28-32-53-49(36-41)45-20-9-11-23-51(45)63(53)42-17-5-2-6-18-42/h1-36H. The molecule has 10 aromatic carbocycles. The van der Waals surface area contributed by atoms with E-state index >= 15 is 0 Å². The van der Waals surface area contributed by atoms with Crippen LogP contribution in [0.4, 0.5) is 0 Å². The van der Waals surface area contributed by atoms with Crippen molar-refractivity contribution in [3.05, 3.63) is 218 Å². The van der Waals surface area contributed by atoms with Gasteiger partial charge >= 0.3 is 0 Å². The fraction of sp³-hybridized carbons (Fsp3) is 0. The van der Waals surface area contributed by atoms with Crippen molar-refractivity contribution >= 4 is 87.2 Å². The zero-order chi connectivity index (χ0) is 42.6. The molecule has 0 bridgehead atoms. The van der Waals surface area contributed by atoms with Gasteiger partial charge in [-0.2, -0.15) is 0 Å². The van der Waals surface area contributed by atoms with E-state index in [1.165, 1.54) is 21.8 Å². The number of para-hydroxylation sites is 3. The highest BCUT2D eigenvalue weighted by Crippen LogP contribution is 2.42. The Labute approximate surface area is 372 Å². The van der Waals surface area contributed by atoms with Crippen LogP contribution in [-0.2, 0) is 0 Å². The maximum Gasteiger partial charge on any atom is 0.235 e. The molecule has 4 aromatic heterocycles. The molecule has 0 saturated carbocycles. The van der Waals surface area contributed by atoms with E-state index in [1.807, 2.05) is 6.07 Å². The van der Waals surface area contributed by atoms with Crippen LogP contribution >= 0.6 is 0 Å². The molecule has 5 heteroatoms. The summed E-state index contributed by atoms with van der Waals surface area (Å²) in [7, 11) is 0. The minimum Gasteiger partial charge on any atom is -0.456 e. The van der Waals surface area contributed by atoms with Gasteiger partial charge in [0.1, 0.15) is 11.2 Å². The number of furan rings is 1. The van der Waals surface area contributed by atoms with E-state index in [9.17, 15) is 0 Å². The molecule has 0 atom stereocenters. The van der Waals surface area contributed by atoms with Gasteiger partial charge in [-0.1, -0.05) is 146 Å². The molecule has 302 valence electrons. The third-order valence-electron chi connectivity index (χ3n) is 13.3. The zero-order valence-electron chi connectivity index (χ0n) is 35.0. The molecule has 65 heavy (non-hydrogen) atoms. The normalized spacial score (nSPS) is 12.0. The first-order valence-electron chi connectivity index (χ1n) is 22.1. The van der Waals surface area contributed by atoms with Gasteiger partial charge in [0, 0.05) is 54.3 Å². The van der Waals surface area contributed by atoms with E-state index in [1.54, 1.807) is 0 Å². The first kappa shape index (κ1) is 35.8. The van der Waals surface area contributed by atoms with Crippen molar-refractivity contribution in [2.45, 2.75) is 0 Å². The van der Waals surface area contributed by atoms with Crippen LogP contribution in [0.2, 0.25) is 0 Å². The van der Waals surface area contributed by atoms with Gasteiger partial charge in [0.15, 0.2) is 0 Å². The molecule has 0 radical (unpaired) electrons. The molecule has 0 aliphatic rings. The summed E-state index contributed by atoms with van der Waals surface area (Å²) >= 11 is 0.